The maximum atomic E-state index is 16.9. The minimum absolute atomic E-state index is 0.0122. The van der Waals surface area contributed by atoms with E-state index < -0.39 is 35.9 Å². The van der Waals surface area contributed by atoms with Crippen LogP contribution in [0.4, 0.5) is 29.7 Å². The summed E-state index contributed by atoms with van der Waals surface area (Å²) in [5, 5.41) is 12.8. The van der Waals surface area contributed by atoms with E-state index in [1.165, 1.54) is 31.9 Å². The van der Waals surface area contributed by atoms with Crippen molar-refractivity contribution in [2.24, 2.45) is 11.8 Å². The number of nitrogens with zero attached hydrogens (tertiary/aromatic N) is 7. The molecule has 0 unspecified atom stereocenters. The zero-order valence-electron chi connectivity index (χ0n) is 44.8. The van der Waals surface area contributed by atoms with Crippen LogP contribution >= 0.6 is 0 Å². The van der Waals surface area contributed by atoms with Crippen molar-refractivity contribution in [1.82, 2.24) is 40.0 Å². The highest BCUT2D eigenvalue weighted by atomic mass is 19.1. The number of hydrogen-bond donors (Lipinski definition) is 4. The first-order chi connectivity index (χ1) is 37.8. The number of carbonyl (C=O) groups excluding carboxylic acids is 3. The highest BCUT2D eigenvalue weighted by molar-refractivity contribution is 5.87. The molecule has 0 spiro atoms. The summed E-state index contributed by atoms with van der Waals surface area (Å²) in [4.78, 5) is 78.9. The molecular formula is C59H70F2N10O7. The van der Waals surface area contributed by atoms with Gasteiger partial charge in [-0.15, -0.1) is 0 Å². The number of carbonyl (C=O) groups is 4. The van der Waals surface area contributed by atoms with Gasteiger partial charge in [0.25, 0.3) is 0 Å². The number of amides is 4. The highest BCUT2D eigenvalue weighted by Crippen LogP contribution is 2.49. The monoisotopic (exact) mass is 1070 g/mol. The average molecular weight is 1070 g/mol. The summed E-state index contributed by atoms with van der Waals surface area (Å²) in [5.41, 5.74) is 6.41. The lowest BCUT2D eigenvalue weighted by atomic mass is 9.89. The van der Waals surface area contributed by atoms with Crippen LogP contribution in [0.25, 0.3) is 22.1 Å². The predicted molar refractivity (Wildman–Crippen MR) is 291 cm³/mol. The second kappa shape index (κ2) is 22.2. The minimum Gasteiger partial charge on any atom is -0.465 e. The lowest BCUT2D eigenvalue weighted by Crippen LogP contribution is -2.53. The van der Waals surface area contributed by atoms with Gasteiger partial charge in [0.15, 0.2) is 11.6 Å². The Hall–Kier alpha value is -7.28. The molecule has 5 aliphatic heterocycles. The number of halogens is 2. The van der Waals surface area contributed by atoms with Crippen LogP contribution in [0.1, 0.15) is 136 Å². The van der Waals surface area contributed by atoms with Crippen LogP contribution in [-0.4, -0.2) is 129 Å². The molecule has 19 heteroatoms. The molecule has 0 aliphatic carbocycles. The summed E-state index contributed by atoms with van der Waals surface area (Å²) >= 11 is 0. The molecule has 17 nitrogen and oxygen atoms in total. The number of ether oxygens (including phenoxy) is 2. The summed E-state index contributed by atoms with van der Waals surface area (Å²) in [6.45, 7) is 6.76. The van der Waals surface area contributed by atoms with E-state index in [4.69, 9.17) is 19.4 Å². The van der Waals surface area contributed by atoms with E-state index in [-0.39, 0.29) is 53.5 Å². The van der Waals surface area contributed by atoms with E-state index in [0.717, 1.165) is 52.7 Å². The number of likely N-dealkylation sites (tertiary alicyclic amines) is 2. The van der Waals surface area contributed by atoms with Crippen molar-refractivity contribution in [3.8, 4) is 0 Å². The molecule has 0 bridgehead atoms. The van der Waals surface area contributed by atoms with Crippen molar-refractivity contribution in [1.29, 1.82) is 0 Å². The Kier molecular flexibility index (Phi) is 15.0. The van der Waals surface area contributed by atoms with Gasteiger partial charge in [0.05, 0.1) is 53.3 Å². The van der Waals surface area contributed by atoms with Gasteiger partial charge in [0.1, 0.15) is 29.4 Å². The third-order valence-corrected chi connectivity index (χ3v) is 17.4. The van der Waals surface area contributed by atoms with Crippen LogP contribution in [0.5, 0.6) is 0 Å². The average Bonchev–Trinajstić information content (AvgIpc) is 4.36. The number of imidazole rings is 2. The van der Waals surface area contributed by atoms with E-state index >= 15 is 8.78 Å². The first-order valence-electron chi connectivity index (χ1n) is 27.8. The molecule has 5 fully saturated rings. The molecule has 4 aromatic carbocycles. The molecule has 7 heterocycles. The van der Waals surface area contributed by atoms with E-state index in [0.29, 0.717) is 112 Å². The van der Waals surface area contributed by atoms with Crippen molar-refractivity contribution in [2.45, 2.75) is 120 Å². The number of fused-ring (bicyclic) bond motifs is 2. The largest absolute Gasteiger partial charge is 0.465 e. The third-order valence-electron chi connectivity index (χ3n) is 17.4. The number of rotatable bonds is 13. The van der Waals surface area contributed by atoms with Crippen molar-refractivity contribution in [2.75, 3.05) is 63.4 Å². The summed E-state index contributed by atoms with van der Waals surface area (Å²) in [7, 11) is 2.74. The second-order valence-corrected chi connectivity index (χ2v) is 22.3. The Morgan fingerprint density at radius 3 is 1.78 bits per heavy atom. The van der Waals surface area contributed by atoms with Gasteiger partial charge >= 0.3 is 12.2 Å². The number of alkyl carbamates (subject to hydrolysis) is 1. The lowest BCUT2D eigenvalue weighted by Gasteiger charge is -2.37. The molecule has 5 saturated heterocycles. The number of H-pyrrole nitrogens is 2. The normalized spacial score (nSPS) is 22.2. The zero-order valence-corrected chi connectivity index (χ0v) is 44.8. The molecular weight excluding hydrogens is 999 g/mol. The summed E-state index contributed by atoms with van der Waals surface area (Å²) in [5.74, 6) is -0.421. The van der Waals surface area contributed by atoms with Gasteiger partial charge in [-0.3, -0.25) is 14.5 Å². The van der Waals surface area contributed by atoms with Crippen LogP contribution in [0.15, 0.2) is 78.9 Å². The number of aromatic nitrogens is 4. The van der Waals surface area contributed by atoms with Gasteiger partial charge in [-0.05, 0) is 135 Å². The molecule has 5 aliphatic rings. The Morgan fingerprint density at radius 2 is 1.26 bits per heavy atom. The minimum atomic E-state index is -1.15. The van der Waals surface area contributed by atoms with Crippen molar-refractivity contribution in [3.05, 3.63) is 119 Å². The van der Waals surface area contributed by atoms with Crippen LogP contribution in [0.2, 0.25) is 0 Å². The molecule has 412 valence electrons. The fourth-order valence-corrected chi connectivity index (χ4v) is 13.3. The van der Waals surface area contributed by atoms with Crippen LogP contribution in [0, 0.1) is 23.5 Å². The number of likely N-dealkylation sites (N-methyl/N-ethyl adjacent to an activating group) is 1. The van der Waals surface area contributed by atoms with Gasteiger partial charge in [0.2, 0.25) is 11.8 Å². The molecule has 2 aromatic heterocycles. The third kappa shape index (κ3) is 10.2. The number of carboxylic acid groups (broad SMARTS) is 1. The topological polar surface area (TPSA) is 193 Å². The fourth-order valence-electron chi connectivity index (χ4n) is 13.3. The molecule has 6 aromatic rings. The number of methoxy groups -OCH3 is 1. The SMILES string of the molecule is COC(=O)N[C@H](C(=O)N1CCC[C@H]1c1nc2cc([C@H]3CC[C@H](c4ccc5[nH]c([C@@H]6CCCN6C(=O)[C@H](C6CCOCC6)N(C)C(=O)O)nc5c4)N3c3cc(F)c(N4CCC(c5ccccc5)CC4)c(F)c3)ccc2[nH]1)C(C)C. The maximum Gasteiger partial charge on any atom is 0.407 e. The molecule has 0 radical (unpaired) electrons. The number of nitrogens with one attached hydrogen (secondary N) is 3. The van der Waals surface area contributed by atoms with E-state index in [9.17, 15) is 24.3 Å². The highest BCUT2D eigenvalue weighted by Gasteiger charge is 2.44. The molecule has 0 saturated carbocycles. The van der Waals surface area contributed by atoms with Crippen LogP contribution in [-0.2, 0) is 19.1 Å². The lowest BCUT2D eigenvalue weighted by molar-refractivity contribution is -0.140. The zero-order chi connectivity index (χ0) is 54.4. The molecule has 4 amide bonds. The van der Waals surface area contributed by atoms with Gasteiger partial charge < -0.3 is 49.5 Å². The first kappa shape index (κ1) is 52.8. The second-order valence-electron chi connectivity index (χ2n) is 22.3. The number of benzene rings is 4. The van der Waals surface area contributed by atoms with Gasteiger partial charge in [0, 0.05) is 52.1 Å². The Morgan fingerprint density at radius 1 is 0.705 bits per heavy atom. The number of anilines is 2. The Bertz CT molecular complexity index is 3150. The van der Waals surface area contributed by atoms with E-state index in [1.807, 2.05) is 73.3 Å². The first-order valence-corrected chi connectivity index (χ1v) is 27.8. The summed E-state index contributed by atoms with van der Waals surface area (Å²) in [6.07, 6.45) is 5.11. The molecule has 4 N–H and O–H groups in total. The van der Waals surface area contributed by atoms with Crippen LogP contribution < -0.4 is 15.1 Å². The van der Waals surface area contributed by atoms with Gasteiger partial charge in [-0.2, -0.15) is 0 Å². The van der Waals surface area contributed by atoms with Gasteiger partial charge in [-0.25, -0.2) is 28.3 Å². The van der Waals surface area contributed by atoms with E-state index in [1.54, 1.807) is 9.80 Å². The Labute approximate surface area is 452 Å². The fraction of sp³-hybridized carbons (Fsp3) is 0.492. The quantitative estimate of drug-likeness (QED) is 0.0860. The molecule has 6 atom stereocenters. The summed E-state index contributed by atoms with van der Waals surface area (Å²) < 4.78 is 44.2. The van der Waals surface area contributed by atoms with E-state index in [2.05, 4.69) is 32.3 Å². The van der Waals surface area contributed by atoms with Crippen molar-refractivity contribution >= 4 is 57.4 Å². The van der Waals surface area contributed by atoms with Crippen LogP contribution in [0.3, 0.4) is 0 Å². The maximum absolute atomic E-state index is 16.9. The Balaban J connectivity index is 0.905. The smallest absolute Gasteiger partial charge is 0.407 e. The number of hydrogen-bond acceptors (Lipinski definition) is 10. The van der Waals surface area contributed by atoms with Gasteiger partial charge in [-0.1, -0.05) is 56.3 Å². The number of aromatic amines is 2. The predicted octanol–water partition coefficient (Wildman–Crippen LogP) is 10.3. The number of piperidine rings is 1. The molecule has 78 heavy (non-hydrogen) atoms. The standard InChI is InChI=1S/C59H70F2N10O7/c1-34(2)51(66-58(74)77-4)56(72)69-24-8-12-49(69)54-62-43-16-14-38(30-45(43)64-54)47-18-19-48(71(47)40-32-41(60)53(42(61)33-40)68-26-20-36(21-27-68)35-10-6-5-7-11-35)39-15-17-44-46(31-39)65-55(63-44)50-13-9-25-70(50)57(73)52(67(3)59(75)76)37-22-28-78-29-23-37/h5-7,10-11,14-17,30-34,36-37,47-52H,8-9,12-13,18-29H2,1-4H3,(H,62,64)(H,63,65)(H,66,74)(H,75,76)/t47-,48-,49+,50+,51+,52+/m1/s1. The van der Waals surface area contributed by atoms with Crippen molar-refractivity contribution < 1.29 is 42.5 Å². The summed E-state index contributed by atoms with van der Waals surface area (Å²) in [6, 6.07) is 22.4. The van der Waals surface area contributed by atoms with Crippen molar-refractivity contribution in [3.63, 3.8) is 0 Å². The molecule has 11 rings (SSSR count).